The first-order chi connectivity index (χ1) is 15.1. The van der Waals surface area contributed by atoms with Crippen molar-refractivity contribution < 1.29 is 14.3 Å². The SMILES string of the molecule is Cc1nc(COc2cccc(/C=C/C(=O)Nc3cccc(N4CCCC4=O)c3)c2)cs1. The van der Waals surface area contributed by atoms with Crippen LogP contribution in [0, 0.1) is 6.92 Å². The van der Waals surface area contributed by atoms with Crippen LogP contribution >= 0.6 is 11.3 Å². The molecule has 1 aliphatic heterocycles. The number of aryl methyl sites for hydroxylation is 1. The number of ether oxygens (including phenoxy) is 1. The Morgan fingerprint density at radius 3 is 2.90 bits per heavy atom. The molecule has 0 atom stereocenters. The van der Waals surface area contributed by atoms with Crippen molar-refractivity contribution in [3.8, 4) is 5.75 Å². The summed E-state index contributed by atoms with van der Waals surface area (Å²) in [5.41, 5.74) is 3.23. The molecule has 158 valence electrons. The van der Waals surface area contributed by atoms with Gasteiger partial charge in [-0.1, -0.05) is 18.2 Å². The molecule has 0 aliphatic carbocycles. The van der Waals surface area contributed by atoms with E-state index in [-0.39, 0.29) is 11.8 Å². The molecule has 2 aromatic carbocycles. The van der Waals surface area contributed by atoms with Crippen LogP contribution < -0.4 is 15.0 Å². The summed E-state index contributed by atoms with van der Waals surface area (Å²) in [6.45, 7) is 3.09. The van der Waals surface area contributed by atoms with Gasteiger partial charge in [0.1, 0.15) is 12.4 Å². The smallest absolute Gasteiger partial charge is 0.248 e. The fraction of sp³-hybridized carbons (Fsp3) is 0.208. The number of anilines is 2. The molecule has 2 amide bonds. The number of carbonyl (C=O) groups excluding carboxylic acids is 2. The van der Waals surface area contributed by atoms with Crippen LogP contribution in [0.4, 0.5) is 11.4 Å². The van der Waals surface area contributed by atoms with Gasteiger partial charge in [0.2, 0.25) is 11.8 Å². The Labute approximate surface area is 185 Å². The fourth-order valence-electron chi connectivity index (χ4n) is 3.37. The summed E-state index contributed by atoms with van der Waals surface area (Å²) in [7, 11) is 0. The van der Waals surface area contributed by atoms with Crippen LogP contribution in [0.15, 0.2) is 60.0 Å². The van der Waals surface area contributed by atoms with Crippen molar-refractivity contribution >= 4 is 40.6 Å². The quantitative estimate of drug-likeness (QED) is 0.543. The number of carbonyl (C=O) groups is 2. The Bertz CT molecular complexity index is 1120. The van der Waals surface area contributed by atoms with Crippen molar-refractivity contribution in [1.29, 1.82) is 0 Å². The molecule has 3 aromatic rings. The highest BCUT2D eigenvalue weighted by Gasteiger charge is 2.21. The molecular weight excluding hydrogens is 410 g/mol. The highest BCUT2D eigenvalue weighted by atomic mass is 32.1. The summed E-state index contributed by atoms with van der Waals surface area (Å²) in [6.07, 6.45) is 4.66. The summed E-state index contributed by atoms with van der Waals surface area (Å²) >= 11 is 1.60. The highest BCUT2D eigenvalue weighted by Crippen LogP contribution is 2.24. The van der Waals surface area contributed by atoms with Crippen molar-refractivity contribution in [2.24, 2.45) is 0 Å². The van der Waals surface area contributed by atoms with Gasteiger partial charge in [0.15, 0.2) is 0 Å². The summed E-state index contributed by atoms with van der Waals surface area (Å²) in [6, 6.07) is 14.9. The van der Waals surface area contributed by atoms with E-state index < -0.39 is 0 Å². The van der Waals surface area contributed by atoms with E-state index in [2.05, 4.69) is 10.3 Å². The average molecular weight is 434 g/mol. The van der Waals surface area contributed by atoms with Gasteiger partial charge in [-0.2, -0.15) is 0 Å². The van der Waals surface area contributed by atoms with Gasteiger partial charge in [-0.15, -0.1) is 11.3 Å². The molecule has 0 bridgehead atoms. The molecule has 0 spiro atoms. The summed E-state index contributed by atoms with van der Waals surface area (Å²) < 4.78 is 5.80. The Kier molecular flexibility index (Phi) is 6.43. The summed E-state index contributed by atoms with van der Waals surface area (Å²) in [5, 5.41) is 5.85. The largest absolute Gasteiger partial charge is 0.487 e. The molecule has 1 aliphatic rings. The molecular formula is C24H23N3O3S. The number of thiazole rings is 1. The van der Waals surface area contributed by atoms with E-state index in [4.69, 9.17) is 4.74 Å². The number of amides is 2. The van der Waals surface area contributed by atoms with Crippen LogP contribution in [0.1, 0.15) is 29.1 Å². The van der Waals surface area contributed by atoms with Crippen LogP contribution in [0.2, 0.25) is 0 Å². The number of hydrogen-bond acceptors (Lipinski definition) is 5. The zero-order chi connectivity index (χ0) is 21.6. The van der Waals surface area contributed by atoms with Crippen molar-refractivity contribution in [2.45, 2.75) is 26.4 Å². The van der Waals surface area contributed by atoms with Gasteiger partial charge in [0.25, 0.3) is 0 Å². The molecule has 7 heteroatoms. The maximum absolute atomic E-state index is 12.4. The predicted molar refractivity (Wildman–Crippen MR) is 123 cm³/mol. The van der Waals surface area contributed by atoms with E-state index in [1.807, 2.05) is 60.8 Å². The van der Waals surface area contributed by atoms with Gasteiger partial charge in [-0.3, -0.25) is 9.59 Å². The molecule has 2 heterocycles. The highest BCUT2D eigenvalue weighted by molar-refractivity contribution is 7.09. The topological polar surface area (TPSA) is 71.5 Å². The lowest BCUT2D eigenvalue weighted by Gasteiger charge is -2.16. The second-order valence-corrected chi connectivity index (χ2v) is 8.30. The number of nitrogens with zero attached hydrogens (tertiary/aromatic N) is 2. The van der Waals surface area contributed by atoms with Crippen LogP contribution in [-0.2, 0) is 16.2 Å². The third-order valence-corrected chi connectivity index (χ3v) is 5.66. The van der Waals surface area contributed by atoms with Gasteiger partial charge in [0.05, 0.1) is 10.7 Å². The maximum Gasteiger partial charge on any atom is 0.248 e. The first-order valence-electron chi connectivity index (χ1n) is 10.1. The molecule has 1 fully saturated rings. The molecule has 6 nitrogen and oxygen atoms in total. The Hall–Kier alpha value is -3.45. The van der Waals surface area contributed by atoms with E-state index in [0.29, 0.717) is 18.7 Å². The molecule has 1 aromatic heterocycles. The van der Waals surface area contributed by atoms with E-state index in [1.54, 1.807) is 22.3 Å². The Morgan fingerprint density at radius 2 is 2.13 bits per heavy atom. The van der Waals surface area contributed by atoms with E-state index >= 15 is 0 Å². The fourth-order valence-corrected chi connectivity index (χ4v) is 3.97. The van der Waals surface area contributed by atoms with Gasteiger partial charge in [-0.05, 0) is 55.3 Å². The van der Waals surface area contributed by atoms with Gasteiger partial charge < -0.3 is 15.0 Å². The third-order valence-electron chi connectivity index (χ3n) is 4.84. The predicted octanol–water partition coefficient (Wildman–Crippen LogP) is 4.81. The molecule has 0 unspecified atom stereocenters. The summed E-state index contributed by atoms with van der Waals surface area (Å²) in [5.74, 6) is 0.598. The van der Waals surface area contributed by atoms with Crippen molar-refractivity contribution in [3.63, 3.8) is 0 Å². The molecule has 1 saturated heterocycles. The van der Waals surface area contributed by atoms with Gasteiger partial charge >= 0.3 is 0 Å². The molecule has 0 saturated carbocycles. The minimum absolute atomic E-state index is 0.121. The van der Waals surface area contributed by atoms with Crippen LogP contribution in [0.5, 0.6) is 5.75 Å². The van der Waals surface area contributed by atoms with Crippen molar-refractivity contribution in [1.82, 2.24) is 4.98 Å². The minimum Gasteiger partial charge on any atom is -0.487 e. The number of nitrogens with one attached hydrogen (secondary N) is 1. The number of benzene rings is 2. The number of aromatic nitrogens is 1. The van der Waals surface area contributed by atoms with Crippen LogP contribution in [0.25, 0.3) is 6.08 Å². The lowest BCUT2D eigenvalue weighted by Crippen LogP contribution is -2.23. The van der Waals surface area contributed by atoms with Crippen molar-refractivity contribution in [2.75, 3.05) is 16.8 Å². The molecule has 31 heavy (non-hydrogen) atoms. The number of rotatable bonds is 7. The maximum atomic E-state index is 12.4. The Balaban J connectivity index is 1.35. The second kappa shape index (κ2) is 9.57. The van der Waals surface area contributed by atoms with Crippen LogP contribution in [-0.4, -0.2) is 23.3 Å². The first kappa shape index (κ1) is 20.8. The second-order valence-electron chi connectivity index (χ2n) is 7.24. The van der Waals surface area contributed by atoms with Gasteiger partial charge in [-0.25, -0.2) is 4.98 Å². The number of hydrogen-bond donors (Lipinski definition) is 1. The van der Waals surface area contributed by atoms with Gasteiger partial charge in [0, 0.05) is 35.8 Å². The average Bonchev–Trinajstić information content (AvgIpc) is 3.39. The van der Waals surface area contributed by atoms with Crippen molar-refractivity contribution in [3.05, 3.63) is 76.3 Å². The molecule has 0 radical (unpaired) electrons. The Morgan fingerprint density at radius 1 is 1.26 bits per heavy atom. The molecule has 4 rings (SSSR count). The standard InChI is InChI=1S/C24H23N3O3S/c1-17-25-20(16-31-17)15-30-22-8-2-5-18(13-22)10-11-23(28)26-19-6-3-7-21(14-19)27-12-4-9-24(27)29/h2-3,5-8,10-11,13-14,16H,4,9,12,15H2,1H3,(H,26,28)/b11-10+. The van der Waals surface area contributed by atoms with Crippen LogP contribution in [0.3, 0.4) is 0 Å². The zero-order valence-corrected chi connectivity index (χ0v) is 18.0. The monoisotopic (exact) mass is 433 g/mol. The third kappa shape index (κ3) is 5.58. The lowest BCUT2D eigenvalue weighted by atomic mass is 10.2. The molecule has 1 N–H and O–H groups in total. The van der Waals surface area contributed by atoms with E-state index in [1.165, 1.54) is 6.08 Å². The normalized spacial score (nSPS) is 13.7. The van der Waals surface area contributed by atoms with E-state index in [0.717, 1.165) is 40.7 Å². The minimum atomic E-state index is -0.242. The zero-order valence-electron chi connectivity index (χ0n) is 17.2. The van der Waals surface area contributed by atoms with E-state index in [9.17, 15) is 9.59 Å². The lowest BCUT2D eigenvalue weighted by molar-refractivity contribution is -0.117. The first-order valence-corrected chi connectivity index (χ1v) is 11.0. The summed E-state index contributed by atoms with van der Waals surface area (Å²) in [4.78, 5) is 30.4.